The first-order valence-electron chi connectivity index (χ1n) is 11.5. The molecule has 0 saturated heterocycles. The van der Waals surface area contributed by atoms with Crippen LogP contribution in [-0.2, 0) is 15.4 Å². The van der Waals surface area contributed by atoms with Crippen LogP contribution in [0.5, 0.6) is 0 Å². The lowest BCUT2D eigenvalue weighted by molar-refractivity contribution is 0.595. The predicted octanol–water partition coefficient (Wildman–Crippen LogP) is 6.07. The van der Waals surface area contributed by atoms with Crippen molar-refractivity contribution in [2.24, 2.45) is 4.99 Å². The van der Waals surface area contributed by atoms with Crippen molar-refractivity contribution in [1.29, 1.82) is 0 Å². The topological polar surface area (TPSA) is 49.7 Å². The van der Waals surface area contributed by atoms with Gasteiger partial charge in [-0.25, -0.2) is 17.7 Å². The highest BCUT2D eigenvalue weighted by Gasteiger charge is 2.76. The molecule has 0 aromatic heterocycles. The summed E-state index contributed by atoms with van der Waals surface area (Å²) in [7, 11) is -3.88. The van der Waals surface area contributed by atoms with Gasteiger partial charge in [0.15, 0.2) is 0 Å². The van der Waals surface area contributed by atoms with E-state index in [4.69, 9.17) is 4.99 Å². The molecule has 0 amide bonds. The van der Waals surface area contributed by atoms with E-state index >= 15 is 0 Å². The molecule has 3 atom stereocenters. The van der Waals surface area contributed by atoms with E-state index in [1.54, 1.807) is 12.1 Å². The average molecular weight is 463 g/mol. The number of benzene rings is 4. The molecule has 2 aliphatic heterocycles. The summed E-state index contributed by atoms with van der Waals surface area (Å²) in [5.74, 6) is 0.875. The fraction of sp³-hybridized carbons (Fsp3) is 0.138. The zero-order valence-corrected chi connectivity index (χ0v) is 19.4. The molecule has 0 radical (unpaired) electrons. The third-order valence-electron chi connectivity index (χ3n) is 7.55. The van der Waals surface area contributed by atoms with Gasteiger partial charge < -0.3 is 0 Å². The van der Waals surface area contributed by atoms with Gasteiger partial charge in [-0.1, -0.05) is 84.4 Å². The monoisotopic (exact) mass is 462 g/mol. The molecule has 2 heterocycles. The van der Waals surface area contributed by atoms with E-state index in [2.05, 4.69) is 36.4 Å². The number of rotatable bonds is 3. The lowest BCUT2D eigenvalue weighted by atomic mass is 9.86. The van der Waals surface area contributed by atoms with Gasteiger partial charge in [0.1, 0.15) is 5.84 Å². The Bertz CT molecular complexity index is 1590. The SMILES string of the molecule is Cc1ccc(S(=O)(=O)N2C3=Nc4ccccc4C34[C@H](c3ccccc32)[C@@H]4c2ccccc2)cc1. The van der Waals surface area contributed by atoms with Crippen LogP contribution in [0, 0.1) is 6.92 Å². The fourth-order valence-electron chi connectivity index (χ4n) is 6.11. The maximum Gasteiger partial charge on any atom is 0.269 e. The van der Waals surface area contributed by atoms with Gasteiger partial charge in [-0.05, 0) is 47.9 Å². The van der Waals surface area contributed by atoms with Crippen LogP contribution in [0.4, 0.5) is 11.4 Å². The number of aryl methyl sites for hydroxylation is 1. The number of hydrogen-bond donors (Lipinski definition) is 0. The van der Waals surface area contributed by atoms with Gasteiger partial charge in [0.25, 0.3) is 10.0 Å². The molecular formula is C29H22N2O2S. The molecule has 0 N–H and O–H groups in total. The van der Waals surface area contributed by atoms with E-state index in [0.29, 0.717) is 11.5 Å². The number of sulfonamides is 1. The van der Waals surface area contributed by atoms with Gasteiger partial charge >= 0.3 is 0 Å². The second-order valence-electron chi connectivity index (χ2n) is 9.33. The molecule has 1 spiro atoms. The normalized spacial score (nSPS) is 23.9. The predicted molar refractivity (Wildman–Crippen MR) is 134 cm³/mol. The van der Waals surface area contributed by atoms with Crippen LogP contribution in [0.25, 0.3) is 0 Å². The molecule has 7 rings (SSSR count). The third-order valence-corrected chi connectivity index (χ3v) is 9.27. The van der Waals surface area contributed by atoms with Crippen molar-refractivity contribution in [2.45, 2.75) is 29.1 Å². The number of hydrogen-bond acceptors (Lipinski definition) is 3. The summed E-state index contributed by atoms with van der Waals surface area (Å²) in [4.78, 5) is 5.29. The Morgan fingerprint density at radius 3 is 2.24 bits per heavy atom. The minimum atomic E-state index is -3.88. The standard InChI is InChI=1S/C29H22N2O2S/c1-19-15-17-21(18-16-19)34(32,33)31-25-14-8-5-11-22(25)27-26(20-9-3-2-4-10-20)29(27)23-12-6-7-13-24(23)30-28(29)31/h2-18,26-27H,1H3/t26-,27+,29?/m0/s1. The maximum atomic E-state index is 14.2. The molecule has 4 aromatic rings. The minimum Gasteiger partial charge on any atom is -0.233 e. The Morgan fingerprint density at radius 2 is 1.44 bits per heavy atom. The number of fused-ring (bicyclic) bond motifs is 3. The summed E-state index contributed by atoms with van der Waals surface area (Å²) in [6.07, 6.45) is 0. The molecule has 1 unspecified atom stereocenters. The lowest BCUT2D eigenvalue weighted by Crippen LogP contribution is -2.45. The summed E-state index contributed by atoms with van der Waals surface area (Å²) >= 11 is 0. The highest BCUT2D eigenvalue weighted by molar-refractivity contribution is 7.93. The van der Waals surface area contributed by atoms with Gasteiger partial charge in [0.2, 0.25) is 0 Å². The van der Waals surface area contributed by atoms with Crippen molar-refractivity contribution in [1.82, 2.24) is 0 Å². The lowest BCUT2D eigenvalue weighted by Gasteiger charge is -2.34. The highest BCUT2D eigenvalue weighted by atomic mass is 32.2. The Morgan fingerprint density at radius 1 is 0.765 bits per heavy atom. The Kier molecular flexibility index (Phi) is 3.87. The summed E-state index contributed by atoms with van der Waals surface area (Å²) in [6.45, 7) is 1.96. The molecule has 1 aliphatic carbocycles. The minimum absolute atomic E-state index is 0.121. The quantitative estimate of drug-likeness (QED) is 0.371. The fourth-order valence-corrected chi connectivity index (χ4v) is 7.65. The van der Waals surface area contributed by atoms with Crippen LogP contribution < -0.4 is 4.31 Å². The van der Waals surface area contributed by atoms with Crippen molar-refractivity contribution < 1.29 is 8.42 Å². The van der Waals surface area contributed by atoms with Crippen molar-refractivity contribution >= 4 is 27.2 Å². The average Bonchev–Trinajstić information content (AvgIpc) is 3.46. The van der Waals surface area contributed by atoms with Crippen LogP contribution in [-0.4, -0.2) is 14.3 Å². The number of aliphatic imine (C=N–C) groups is 1. The number of para-hydroxylation sites is 2. The zero-order chi connectivity index (χ0) is 23.1. The first-order chi connectivity index (χ1) is 16.5. The summed E-state index contributed by atoms with van der Waals surface area (Å²) in [5, 5.41) is 0. The van der Waals surface area contributed by atoms with Crippen LogP contribution in [0.2, 0.25) is 0 Å². The second-order valence-corrected chi connectivity index (χ2v) is 11.1. The summed E-state index contributed by atoms with van der Waals surface area (Å²) < 4.78 is 29.9. The first-order valence-corrected chi connectivity index (χ1v) is 12.9. The first kappa shape index (κ1) is 19.7. The van der Waals surface area contributed by atoms with E-state index in [9.17, 15) is 8.42 Å². The number of anilines is 1. The number of amidine groups is 1. The maximum absolute atomic E-state index is 14.2. The molecule has 0 bridgehead atoms. The van der Waals surface area contributed by atoms with Crippen LogP contribution in [0.15, 0.2) is 113 Å². The van der Waals surface area contributed by atoms with Gasteiger partial charge in [-0.2, -0.15) is 0 Å². The molecule has 1 fully saturated rings. The molecule has 4 aromatic carbocycles. The molecule has 4 nitrogen and oxygen atoms in total. The second kappa shape index (κ2) is 6.67. The van der Waals surface area contributed by atoms with Gasteiger partial charge in [-0.15, -0.1) is 0 Å². The Labute approximate surface area is 199 Å². The van der Waals surface area contributed by atoms with Crippen molar-refractivity contribution in [2.75, 3.05) is 4.31 Å². The third kappa shape index (κ3) is 2.37. The van der Waals surface area contributed by atoms with Gasteiger partial charge in [0.05, 0.1) is 21.7 Å². The van der Waals surface area contributed by atoms with E-state index < -0.39 is 15.4 Å². The molecule has 3 aliphatic rings. The Hall–Kier alpha value is -3.70. The molecule has 1 saturated carbocycles. The van der Waals surface area contributed by atoms with Crippen LogP contribution in [0.3, 0.4) is 0 Å². The van der Waals surface area contributed by atoms with Crippen molar-refractivity contribution in [3.8, 4) is 0 Å². The Balaban J connectivity index is 1.53. The van der Waals surface area contributed by atoms with Crippen LogP contribution in [0.1, 0.15) is 34.1 Å². The molecule has 5 heteroatoms. The van der Waals surface area contributed by atoms with Crippen molar-refractivity contribution in [3.05, 3.63) is 125 Å². The molecular weight excluding hydrogens is 440 g/mol. The number of nitrogens with zero attached hydrogens (tertiary/aromatic N) is 2. The highest BCUT2D eigenvalue weighted by Crippen LogP contribution is 2.77. The van der Waals surface area contributed by atoms with E-state index in [0.717, 1.165) is 22.4 Å². The van der Waals surface area contributed by atoms with E-state index in [1.165, 1.54) is 9.87 Å². The van der Waals surface area contributed by atoms with Crippen molar-refractivity contribution in [3.63, 3.8) is 0 Å². The summed E-state index contributed by atoms with van der Waals surface area (Å²) in [5.41, 5.74) is 5.47. The van der Waals surface area contributed by atoms with E-state index in [-0.39, 0.29) is 16.7 Å². The summed E-state index contributed by atoms with van der Waals surface area (Å²) in [6, 6.07) is 33.5. The molecule has 166 valence electrons. The molecule has 34 heavy (non-hydrogen) atoms. The largest absolute Gasteiger partial charge is 0.269 e. The van der Waals surface area contributed by atoms with Gasteiger partial charge in [-0.3, -0.25) is 0 Å². The van der Waals surface area contributed by atoms with E-state index in [1.807, 2.05) is 61.5 Å². The smallest absolute Gasteiger partial charge is 0.233 e. The zero-order valence-electron chi connectivity index (χ0n) is 18.6. The van der Waals surface area contributed by atoms with Gasteiger partial charge in [0, 0.05) is 11.8 Å². The van der Waals surface area contributed by atoms with Crippen LogP contribution >= 0.6 is 0 Å².